The van der Waals surface area contributed by atoms with Crippen molar-refractivity contribution in [3.8, 4) is 0 Å². The normalized spacial score (nSPS) is 25.0. The molecule has 0 aromatic heterocycles. The Morgan fingerprint density at radius 3 is 2.64 bits per heavy atom. The standard InChI is InChI=1S/C18H21BrF3NO2/c19-14-3-1-2-13(8-14)15-9-16(15)17(24)25-10-12-4-6-23(7-5-12)11-18(20,21)22/h1-3,8,12,15-16H,4-7,9-11H2. The molecule has 7 heteroatoms. The molecule has 2 atom stereocenters. The molecule has 2 unspecified atom stereocenters. The lowest BCUT2D eigenvalue weighted by Crippen LogP contribution is -2.41. The Morgan fingerprint density at radius 1 is 1.28 bits per heavy atom. The molecular formula is C18H21BrF3NO2. The van der Waals surface area contributed by atoms with Crippen LogP contribution in [0.25, 0.3) is 0 Å². The van der Waals surface area contributed by atoms with Crippen LogP contribution < -0.4 is 0 Å². The smallest absolute Gasteiger partial charge is 0.401 e. The van der Waals surface area contributed by atoms with E-state index in [1.807, 2.05) is 24.3 Å². The van der Waals surface area contributed by atoms with E-state index in [4.69, 9.17) is 4.74 Å². The second-order valence-corrected chi connectivity index (χ2v) is 7.88. The molecule has 2 fully saturated rings. The van der Waals surface area contributed by atoms with Gasteiger partial charge in [-0.1, -0.05) is 28.1 Å². The summed E-state index contributed by atoms with van der Waals surface area (Å²) in [6.07, 6.45) is -2.06. The fourth-order valence-corrected chi connectivity index (χ4v) is 3.85. The minimum absolute atomic E-state index is 0.0837. The van der Waals surface area contributed by atoms with Gasteiger partial charge in [-0.05, 0) is 61.9 Å². The highest BCUT2D eigenvalue weighted by atomic mass is 79.9. The lowest BCUT2D eigenvalue weighted by molar-refractivity contribution is -0.151. The number of carbonyl (C=O) groups excluding carboxylic acids is 1. The second kappa shape index (κ2) is 7.66. The maximum absolute atomic E-state index is 12.4. The van der Waals surface area contributed by atoms with Gasteiger partial charge in [0, 0.05) is 4.47 Å². The Hall–Kier alpha value is -1.08. The number of hydrogen-bond acceptors (Lipinski definition) is 3. The third-order valence-corrected chi connectivity index (χ3v) is 5.43. The molecular weight excluding hydrogens is 399 g/mol. The summed E-state index contributed by atoms with van der Waals surface area (Å²) in [5.41, 5.74) is 1.14. The molecule has 0 spiro atoms. The third-order valence-electron chi connectivity index (χ3n) is 4.94. The molecule has 3 rings (SSSR count). The van der Waals surface area contributed by atoms with Crippen molar-refractivity contribution in [3.63, 3.8) is 0 Å². The zero-order valence-corrected chi connectivity index (χ0v) is 15.4. The van der Waals surface area contributed by atoms with Crippen molar-refractivity contribution in [2.45, 2.75) is 31.4 Å². The number of alkyl halides is 3. The summed E-state index contributed by atoms with van der Waals surface area (Å²) < 4.78 is 43.6. The first-order valence-electron chi connectivity index (χ1n) is 8.53. The van der Waals surface area contributed by atoms with E-state index in [-0.39, 0.29) is 23.7 Å². The van der Waals surface area contributed by atoms with E-state index in [1.165, 1.54) is 4.90 Å². The summed E-state index contributed by atoms with van der Waals surface area (Å²) in [6.45, 7) is 0.286. The van der Waals surface area contributed by atoms with E-state index in [1.54, 1.807) is 0 Å². The number of likely N-dealkylation sites (tertiary alicyclic amines) is 1. The first-order chi connectivity index (χ1) is 11.8. The molecule has 3 nitrogen and oxygen atoms in total. The van der Waals surface area contributed by atoms with Crippen molar-refractivity contribution < 1.29 is 22.7 Å². The van der Waals surface area contributed by atoms with Gasteiger partial charge in [-0.2, -0.15) is 13.2 Å². The van der Waals surface area contributed by atoms with Crippen molar-refractivity contribution in [2.75, 3.05) is 26.2 Å². The van der Waals surface area contributed by atoms with Crippen LogP contribution in [0.5, 0.6) is 0 Å². The lowest BCUT2D eigenvalue weighted by atomic mass is 9.98. The number of benzene rings is 1. The zero-order chi connectivity index (χ0) is 18.0. The minimum atomic E-state index is -4.15. The van der Waals surface area contributed by atoms with E-state index in [9.17, 15) is 18.0 Å². The van der Waals surface area contributed by atoms with Gasteiger partial charge in [0.25, 0.3) is 0 Å². The van der Waals surface area contributed by atoms with E-state index >= 15 is 0 Å². The van der Waals surface area contributed by atoms with Crippen molar-refractivity contribution in [3.05, 3.63) is 34.3 Å². The van der Waals surface area contributed by atoms with Gasteiger partial charge in [-0.25, -0.2) is 0 Å². The molecule has 138 valence electrons. The maximum Gasteiger partial charge on any atom is 0.401 e. The van der Waals surface area contributed by atoms with Gasteiger partial charge in [-0.3, -0.25) is 9.69 Å². The van der Waals surface area contributed by atoms with Crippen molar-refractivity contribution in [1.29, 1.82) is 0 Å². The SMILES string of the molecule is O=C(OCC1CCN(CC(F)(F)F)CC1)C1CC1c1cccc(Br)c1. The van der Waals surface area contributed by atoms with Crippen LogP contribution in [-0.4, -0.2) is 43.3 Å². The second-order valence-electron chi connectivity index (χ2n) is 6.97. The molecule has 1 aromatic rings. The van der Waals surface area contributed by atoms with Crippen LogP contribution in [0.2, 0.25) is 0 Å². The number of piperidine rings is 1. The fraction of sp³-hybridized carbons (Fsp3) is 0.611. The quantitative estimate of drug-likeness (QED) is 0.663. The Labute approximate surface area is 153 Å². The average Bonchev–Trinajstić information content (AvgIpc) is 3.33. The Balaban J connectivity index is 1.38. The molecule has 1 aliphatic heterocycles. The van der Waals surface area contributed by atoms with Crippen LogP contribution in [0.4, 0.5) is 13.2 Å². The molecule has 1 saturated carbocycles. The minimum Gasteiger partial charge on any atom is -0.465 e. The van der Waals surface area contributed by atoms with Crippen LogP contribution in [0, 0.1) is 11.8 Å². The summed E-state index contributed by atoms with van der Waals surface area (Å²) >= 11 is 3.43. The molecule has 0 radical (unpaired) electrons. The molecule has 0 amide bonds. The number of halogens is 4. The number of ether oxygens (including phenoxy) is 1. The molecule has 25 heavy (non-hydrogen) atoms. The number of hydrogen-bond donors (Lipinski definition) is 0. The fourth-order valence-electron chi connectivity index (χ4n) is 3.43. The zero-order valence-electron chi connectivity index (χ0n) is 13.8. The van der Waals surface area contributed by atoms with Crippen LogP contribution in [-0.2, 0) is 9.53 Å². The Bertz CT molecular complexity index is 615. The number of carbonyl (C=O) groups is 1. The lowest BCUT2D eigenvalue weighted by Gasteiger charge is -2.32. The van der Waals surface area contributed by atoms with Crippen molar-refractivity contribution in [2.24, 2.45) is 11.8 Å². The summed E-state index contributed by atoms with van der Waals surface area (Å²) in [6, 6.07) is 7.94. The summed E-state index contributed by atoms with van der Waals surface area (Å²) in [5.74, 6) is 0.123. The van der Waals surface area contributed by atoms with Gasteiger partial charge >= 0.3 is 12.1 Å². The Morgan fingerprint density at radius 2 is 2.00 bits per heavy atom. The largest absolute Gasteiger partial charge is 0.465 e. The molecule has 1 saturated heterocycles. The first kappa shape index (κ1) is 18.7. The van der Waals surface area contributed by atoms with E-state index in [0.29, 0.717) is 32.5 Å². The molecule has 2 aliphatic rings. The van der Waals surface area contributed by atoms with Gasteiger partial charge in [0.05, 0.1) is 19.1 Å². The topological polar surface area (TPSA) is 29.5 Å². The summed E-state index contributed by atoms with van der Waals surface area (Å²) in [4.78, 5) is 13.6. The molecule has 1 aromatic carbocycles. The van der Waals surface area contributed by atoms with E-state index in [0.717, 1.165) is 16.5 Å². The van der Waals surface area contributed by atoms with Crippen molar-refractivity contribution >= 4 is 21.9 Å². The highest BCUT2D eigenvalue weighted by molar-refractivity contribution is 9.10. The number of rotatable bonds is 5. The number of nitrogens with zero attached hydrogens (tertiary/aromatic N) is 1. The summed E-state index contributed by atoms with van der Waals surface area (Å²) in [7, 11) is 0. The van der Waals surface area contributed by atoms with Crippen LogP contribution >= 0.6 is 15.9 Å². The molecule has 0 N–H and O–H groups in total. The van der Waals surface area contributed by atoms with E-state index in [2.05, 4.69) is 15.9 Å². The maximum atomic E-state index is 12.4. The molecule has 1 aliphatic carbocycles. The van der Waals surface area contributed by atoms with Crippen LogP contribution in [0.3, 0.4) is 0 Å². The van der Waals surface area contributed by atoms with Gasteiger partial charge < -0.3 is 4.74 Å². The predicted molar refractivity (Wildman–Crippen MR) is 91.2 cm³/mol. The van der Waals surface area contributed by atoms with Crippen LogP contribution in [0.1, 0.15) is 30.7 Å². The van der Waals surface area contributed by atoms with Gasteiger partial charge in [0.15, 0.2) is 0 Å². The highest BCUT2D eigenvalue weighted by Gasteiger charge is 2.45. The molecule has 0 bridgehead atoms. The first-order valence-corrected chi connectivity index (χ1v) is 9.32. The third kappa shape index (κ3) is 5.45. The summed E-state index contributed by atoms with van der Waals surface area (Å²) in [5, 5.41) is 0. The van der Waals surface area contributed by atoms with Crippen LogP contribution in [0.15, 0.2) is 28.7 Å². The van der Waals surface area contributed by atoms with Crippen molar-refractivity contribution in [1.82, 2.24) is 4.90 Å². The average molecular weight is 420 g/mol. The monoisotopic (exact) mass is 419 g/mol. The van der Waals surface area contributed by atoms with E-state index < -0.39 is 12.7 Å². The van der Waals surface area contributed by atoms with Gasteiger partial charge in [-0.15, -0.1) is 0 Å². The number of esters is 1. The molecule has 1 heterocycles. The van der Waals surface area contributed by atoms with Gasteiger partial charge in [0.2, 0.25) is 0 Å². The van der Waals surface area contributed by atoms with Gasteiger partial charge in [0.1, 0.15) is 0 Å². The highest BCUT2D eigenvalue weighted by Crippen LogP contribution is 2.48. The predicted octanol–water partition coefficient (Wildman–Crippen LogP) is 4.37. The Kier molecular flexibility index (Phi) is 5.73.